The van der Waals surface area contributed by atoms with Crippen molar-refractivity contribution in [1.29, 1.82) is 0 Å². The Bertz CT molecular complexity index is 973. The minimum atomic E-state index is -0.561. The van der Waals surface area contributed by atoms with Gasteiger partial charge in [-0.3, -0.25) is 4.79 Å². The molecule has 3 rings (SSSR count). The van der Waals surface area contributed by atoms with Crippen molar-refractivity contribution >= 4 is 17.7 Å². The summed E-state index contributed by atoms with van der Waals surface area (Å²) in [6.45, 7) is 3.64. The van der Waals surface area contributed by atoms with Crippen LogP contribution in [-0.2, 0) is 16.0 Å². The first-order valence-corrected chi connectivity index (χ1v) is 9.03. The molecule has 0 atom stereocenters. The van der Waals surface area contributed by atoms with Gasteiger partial charge in [0.05, 0.1) is 18.7 Å². The summed E-state index contributed by atoms with van der Waals surface area (Å²) in [4.78, 5) is 33.9. The largest absolute Gasteiger partial charge is 0.462 e. The molecule has 0 fully saturated rings. The van der Waals surface area contributed by atoms with Gasteiger partial charge in [-0.1, -0.05) is 60.7 Å². The number of anilines is 1. The van der Waals surface area contributed by atoms with Crippen molar-refractivity contribution in [2.24, 2.45) is 0 Å². The minimum Gasteiger partial charge on any atom is -0.462 e. The van der Waals surface area contributed by atoms with E-state index in [2.05, 4.69) is 15.3 Å². The van der Waals surface area contributed by atoms with Crippen LogP contribution < -0.4 is 5.32 Å². The number of hydrogen-bond donors (Lipinski definition) is 1. The maximum absolute atomic E-state index is 12.6. The molecule has 0 spiro atoms. The van der Waals surface area contributed by atoms with Crippen molar-refractivity contribution in [2.75, 3.05) is 11.9 Å². The molecule has 0 saturated carbocycles. The smallest absolute Gasteiger partial charge is 0.343 e. The topological polar surface area (TPSA) is 81.2 Å². The second kappa shape index (κ2) is 8.90. The number of carbonyl (C=O) groups is 2. The van der Waals surface area contributed by atoms with Crippen molar-refractivity contribution in [2.45, 2.75) is 20.3 Å². The van der Waals surface area contributed by atoms with Crippen LogP contribution in [0.3, 0.4) is 0 Å². The van der Waals surface area contributed by atoms with Gasteiger partial charge in [-0.2, -0.15) is 0 Å². The summed E-state index contributed by atoms with van der Waals surface area (Å²) < 4.78 is 5.12. The lowest BCUT2D eigenvalue weighted by Crippen LogP contribution is -2.20. The third kappa shape index (κ3) is 4.59. The predicted molar refractivity (Wildman–Crippen MR) is 107 cm³/mol. The van der Waals surface area contributed by atoms with Gasteiger partial charge in [0.1, 0.15) is 5.56 Å². The predicted octanol–water partition coefficient (Wildman–Crippen LogP) is 3.81. The zero-order valence-corrected chi connectivity index (χ0v) is 15.8. The fourth-order valence-corrected chi connectivity index (χ4v) is 2.78. The van der Waals surface area contributed by atoms with E-state index in [1.807, 2.05) is 60.7 Å². The molecule has 3 aromatic rings. The summed E-state index contributed by atoms with van der Waals surface area (Å²) in [6, 6.07) is 18.7. The summed E-state index contributed by atoms with van der Waals surface area (Å²) in [5.41, 5.74) is 2.27. The Morgan fingerprint density at radius 1 is 0.964 bits per heavy atom. The van der Waals surface area contributed by atoms with Gasteiger partial charge in [-0.05, 0) is 19.4 Å². The van der Waals surface area contributed by atoms with E-state index < -0.39 is 5.97 Å². The van der Waals surface area contributed by atoms with Gasteiger partial charge in [-0.15, -0.1) is 0 Å². The quantitative estimate of drug-likeness (QED) is 0.663. The molecular weight excluding hydrogens is 354 g/mol. The van der Waals surface area contributed by atoms with Crippen LogP contribution in [0.25, 0.3) is 11.4 Å². The van der Waals surface area contributed by atoms with Crippen molar-refractivity contribution < 1.29 is 14.3 Å². The van der Waals surface area contributed by atoms with Gasteiger partial charge >= 0.3 is 5.97 Å². The average Bonchev–Trinajstić information content (AvgIpc) is 2.69. The second-order valence-corrected chi connectivity index (χ2v) is 6.15. The van der Waals surface area contributed by atoms with Crippen LogP contribution in [0.15, 0.2) is 60.7 Å². The molecule has 0 saturated heterocycles. The van der Waals surface area contributed by atoms with Crippen molar-refractivity contribution in [3.63, 3.8) is 0 Å². The zero-order chi connectivity index (χ0) is 19.9. The fourth-order valence-electron chi connectivity index (χ4n) is 2.78. The summed E-state index contributed by atoms with van der Waals surface area (Å²) in [6.07, 6.45) is 0.173. The molecule has 1 heterocycles. The molecular formula is C22H21N3O3. The SMILES string of the molecule is CCOC(=O)c1c(C)nc(-c2ccccc2)nc1NC(=O)Cc1ccccc1. The molecule has 0 aliphatic rings. The first-order valence-electron chi connectivity index (χ1n) is 9.03. The normalized spacial score (nSPS) is 10.4. The molecule has 0 aliphatic carbocycles. The van der Waals surface area contributed by atoms with Gasteiger partial charge in [0.15, 0.2) is 11.6 Å². The number of rotatable bonds is 6. The number of nitrogens with zero attached hydrogens (tertiary/aromatic N) is 2. The molecule has 1 amide bonds. The van der Waals surface area contributed by atoms with Crippen LogP contribution in [0, 0.1) is 6.92 Å². The Hall–Kier alpha value is -3.54. The average molecular weight is 375 g/mol. The van der Waals surface area contributed by atoms with Crippen molar-refractivity contribution in [1.82, 2.24) is 9.97 Å². The molecule has 1 aromatic heterocycles. The van der Waals surface area contributed by atoms with Gasteiger partial charge in [-0.25, -0.2) is 14.8 Å². The molecule has 0 radical (unpaired) electrons. The first kappa shape index (κ1) is 19.2. The number of ether oxygens (including phenoxy) is 1. The van der Waals surface area contributed by atoms with E-state index in [0.717, 1.165) is 11.1 Å². The summed E-state index contributed by atoms with van der Waals surface area (Å²) in [7, 11) is 0. The standard InChI is InChI=1S/C22H21N3O3/c1-3-28-22(27)19-15(2)23-20(17-12-8-5-9-13-17)25-21(19)24-18(26)14-16-10-6-4-7-11-16/h4-13H,3,14H2,1-2H3,(H,23,24,25,26). The minimum absolute atomic E-state index is 0.158. The lowest BCUT2D eigenvalue weighted by atomic mass is 10.1. The van der Waals surface area contributed by atoms with Gasteiger partial charge in [0.2, 0.25) is 5.91 Å². The fraction of sp³-hybridized carbons (Fsp3) is 0.182. The van der Waals surface area contributed by atoms with E-state index in [0.29, 0.717) is 11.5 Å². The maximum Gasteiger partial charge on any atom is 0.343 e. The Kier molecular flexibility index (Phi) is 6.11. The highest BCUT2D eigenvalue weighted by atomic mass is 16.5. The highest BCUT2D eigenvalue weighted by molar-refractivity contribution is 6.01. The van der Waals surface area contributed by atoms with Crippen molar-refractivity contribution in [3.05, 3.63) is 77.5 Å². The lowest BCUT2D eigenvalue weighted by molar-refractivity contribution is -0.115. The van der Waals surface area contributed by atoms with Crippen LogP contribution in [0.4, 0.5) is 5.82 Å². The van der Waals surface area contributed by atoms with Gasteiger partial charge in [0.25, 0.3) is 0 Å². The van der Waals surface area contributed by atoms with Crippen LogP contribution in [0.5, 0.6) is 0 Å². The number of carbonyl (C=O) groups excluding carboxylic acids is 2. The van der Waals surface area contributed by atoms with Crippen LogP contribution in [0.2, 0.25) is 0 Å². The molecule has 6 heteroatoms. The molecule has 0 aliphatic heterocycles. The molecule has 142 valence electrons. The van der Waals surface area contributed by atoms with Gasteiger partial charge < -0.3 is 10.1 Å². The molecule has 0 bridgehead atoms. The lowest BCUT2D eigenvalue weighted by Gasteiger charge is -2.13. The number of aryl methyl sites for hydroxylation is 1. The Morgan fingerprint density at radius 2 is 1.61 bits per heavy atom. The highest BCUT2D eigenvalue weighted by Gasteiger charge is 2.22. The van der Waals surface area contributed by atoms with Crippen LogP contribution in [0.1, 0.15) is 28.5 Å². The van der Waals surface area contributed by atoms with E-state index in [1.54, 1.807) is 13.8 Å². The Morgan fingerprint density at radius 3 is 2.25 bits per heavy atom. The van der Waals surface area contributed by atoms with Crippen LogP contribution >= 0.6 is 0 Å². The Labute approximate surface area is 163 Å². The van der Waals surface area contributed by atoms with E-state index >= 15 is 0 Å². The summed E-state index contributed by atoms with van der Waals surface area (Å²) >= 11 is 0. The third-order valence-corrected chi connectivity index (χ3v) is 4.07. The zero-order valence-electron chi connectivity index (χ0n) is 15.8. The van der Waals surface area contributed by atoms with Crippen molar-refractivity contribution in [3.8, 4) is 11.4 Å². The van der Waals surface area contributed by atoms with E-state index in [4.69, 9.17) is 4.74 Å². The third-order valence-electron chi connectivity index (χ3n) is 4.07. The number of benzene rings is 2. The summed E-state index contributed by atoms with van der Waals surface area (Å²) in [5.74, 6) is -0.240. The molecule has 28 heavy (non-hydrogen) atoms. The maximum atomic E-state index is 12.6. The first-order chi connectivity index (χ1) is 13.6. The van der Waals surface area contributed by atoms with Gasteiger partial charge in [0, 0.05) is 5.56 Å². The van der Waals surface area contributed by atoms with Crippen LogP contribution in [-0.4, -0.2) is 28.5 Å². The summed E-state index contributed by atoms with van der Waals surface area (Å²) in [5, 5.41) is 2.76. The number of amides is 1. The molecule has 0 unspecified atom stereocenters. The molecule has 6 nitrogen and oxygen atoms in total. The highest BCUT2D eigenvalue weighted by Crippen LogP contribution is 2.23. The number of hydrogen-bond acceptors (Lipinski definition) is 5. The number of aromatic nitrogens is 2. The monoisotopic (exact) mass is 375 g/mol. The molecule has 1 N–H and O–H groups in total. The van der Waals surface area contributed by atoms with E-state index in [1.165, 1.54) is 0 Å². The number of nitrogens with one attached hydrogen (secondary N) is 1. The number of esters is 1. The second-order valence-electron chi connectivity index (χ2n) is 6.15. The van der Waals surface area contributed by atoms with E-state index in [9.17, 15) is 9.59 Å². The van der Waals surface area contributed by atoms with E-state index in [-0.39, 0.29) is 30.3 Å². The Balaban J connectivity index is 1.96. The molecule has 2 aromatic carbocycles.